The van der Waals surface area contributed by atoms with Crippen LogP contribution in [0.1, 0.15) is 21.5 Å². The van der Waals surface area contributed by atoms with E-state index in [2.05, 4.69) is 10.3 Å². The number of nitrogens with zero attached hydrogens (tertiary/aromatic N) is 1. The van der Waals surface area contributed by atoms with E-state index in [4.69, 9.17) is 16.3 Å². The molecule has 1 heterocycles. The number of hydrogen-bond donors (Lipinski definition) is 1. The van der Waals surface area contributed by atoms with E-state index in [0.717, 1.165) is 0 Å². The third kappa shape index (κ3) is 4.41. The van der Waals surface area contributed by atoms with Gasteiger partial charge in [0.1, 0.15) is 23.9 Å². The van der Waals surface area contributed by atoms with Crippen molar-refractivity contribution < 1.29 is 18.7 Å². The van der Waals surface area contributed by atoms with Gasteiger partial charge < -0.3 is 10.1 Å². The van der Waals surface area contributed by atoms with Crippen LogP contribution in [0, 0.1) is 19.7 Å². The highest BCUT2D eigenvalue weighted by Crippen LogP contribution is 2.32. The van der Waals surface area contributed by atoms with Crippen LogP contribution in [0.4, 0.5) is 4.39 Å². The molecule has 1 aliphatic heterocycles. The molecular formula is C20H16ClFN2O3. The summed E-state index contributed by atoms with van der Waals surface area (Å²) in [6.45, 7) is 3.53. The highest BCUT2D eigenvalue weighted by atomic mass is 35.5. The van der Waals surface area contributed by atoms with Gasteiger partial charge in [0.05, 0.1) is 11.3 Å². The number of benzene rings is 2. The van der Waals surface area contributed by atoms with Crippen LogP contribution in [-0.2, 0) is 4.79 Å². The third-order valence-electron chi connectivity index (χ3n) is 3.91. The molecule has 2 aromatic rings. The van der Waals surface area contributed by atoms with Crippen LogP contribution in [0.2, 0.25) is 5.02 Å². The zero-order valence-corrected chi connectivity index (χ0v) is 15.4. The fraction of sp³-hybridized carbons (Fsp3) is 0.150. The van der Waals surface area contributed by atoms with Gasteiger partial charge in [-0.2, -0.15) is 0 Å². The molecule has 3 rings (SSSR count). The van der Waals surface area contributed by atoms with Crippen molar-refractivity contribution in [3.8, 4) is 11.5 Å². The molecule has 0 unspecified atom stereocenters. The Labute approximate surface area is 160 Å². The van der Waals surface area contributed by atoms with Crippen LogP contribution >= 0.6 is 11.6 Å². The second-order valence-corrected chi connectivity index (χ2v) is 6.51. The number of halogens is 2. The Morgan fingerprint density at radius 1 is 1.19 bits per heavy atom. The van der Waals surface area contributed by atoms with Crippen LogP contribution in [0.15, 0.2) is 47.1 Å². The lowest BCUT2D eigenvalue weighted by Crippen LogP contribution is -2.26. The van der Waals surface area contributed by atoms with Gasteiger partial charge in [-0.25, -0.2) is 4.39 Å². The lowest BCUT2D eigenvalue weighted by molar-refractivity contribution is -0.113. The van der Waals surface area contributed by atoms with Gasteiger partial charge in [0.2, 0.25) is 0 Å². The maximum Gasteiger partial charge on any atom is 0.259 e. The molecule has 27 heavy (non-hydrogen) atoms. The minimum Gasteiger partial charge on any atom is -0.456 e. The number of ether oxygens (including phenoxy) is 1. The summed E-state index contributed by atoms with van der Waals surface area (Å²) in [5.41, 5.74) is 1.79. The van der Waals surface area contributed by atoms with E-state index < -0.39 is 5.91 Å². The van der Waals surface area contributed by atoms with E-state index in [1.54, 1.807) is 19.9 Å². The van der Waals surface area contributed by atoms with Crippen LogP contribution < -0.4 is 10.1 Å². The number of carbonyl (C=O) groups is 2. The first kappa shape index (κ1) is 18.8. The van der Waals surface area contributed by atoms with Gasteiger partial charge in [-0.15, -0.1) is 0 Å². The second-order valence-electron chi connectivity index (χ2n) is 6.10. The summed E-state index contributed by atoms with van der Waals surface area (Å²) >= 11 is 6.18. The predicted molar refractivity (Wildman–Crippen MR) is 101 cm³/mol. The summed E-state index contributed by atoms with van der Waals surface area (Å²) in [4.78, 5) is 28.1. The Kier molecular flexibility index (Phi) is 5.37. The monoisotopic (exact) mass is 386 g/mol. The second kappa shape index (κ2) is 7.72. The number of ketones is 1. The highest BCUT2D eigenvalue weighted by Gasteiger charge is 2.18. The summed E-state index contributed by atoms with van der Waals surface area (Å²) in [6.07, 6.45) is 2.74. The van der Waals surface area contributed by atoms with E-state index in [-0.39, 0.29) is 29.5 Å². The molecule has 0 saturated heterocycles. The Bertz CT molecular complexity index is 999. The number of hydrogen-bond acceptors (Lipinski definition) is 4. The molecule has 5 nitrogen and oxygen atoms in total. The molecule has 0 fully saturated rings. The van der Waals surface area contributed by atoms with Gasteiger partial charge >= 0.3 is 0 Å². The van der Waals surface area contributed by atoms with Crippen molar-refractivity contribution in [1.29, 1.82) is 0 Å². The van der Waals surface area contributed by atoms with Crippen LogP contribution in [0.3, 0.4) is 0 Å². The first-order valence-electron chi connectivity index (χ1n) is 8.13. The molecule has 7 heteroatoms. The maximum absolute atomic E-state index is 13.3. The number of allylic oxidation sites excluding steroid dienone is 1. The zero-order valence-electron chi connectivity index (χ0n) is 14.7. The highest BCUT2D eigenvalue weighted by molar-refractivity contribution is 6.31. The van der Waals surface area contributed by atoms with E-state index in [1.807, 2.05) is 0 Å². The summed E-state index contributed by atoms with van der Waals surface area (Å²) in [5, 5.41) is 3.06. The Morgan fingerprint density at radius 3 is 2.67 bits per heavy atom. The van der Waals surface area contributed by atoms with Crippen molar-refractivity contribution in [2.45, 2.75) is 13.8 Å². The topological polar surface area (TPSA) is 67.8 Å². The summed E-state index contributed by atoms with van der Waals surface area (Å²) in [7, 11) is 0. The quantitative estimate of drug-likeness (QED) is 0.858. The number of dihydropyridines is 1. The number of rotatable bonds is 4. The molecule has 138 valence electrons. The van der Waals surface area contributed by atoms with Crippen molar-refractivity contribution in [1.82, 2.24) is 5.32 Å². The Balaban J connectivity index is 1.94. The molecule has 0 saturated carbocycles. The number of aryl methyl sites for hydroxylation is 2. The van der Waals surface area contributed by atoms with Gasteiger partial charge in [0.25, 0.3) is 5.91 Å². The minimum atomic E-state index is -0.475. The van der Waals surface area contributed by atoms with Crippen LogP contribution in [0.25, 0.3) is 0 Å². The summed E-state index contributed by atoms with van der Waals surface area (Å²) in [6, 6.07) is 7.21. The molecule has 1 aliphatic rings. The molecular weight excluding hydrogens is 371 g/mol. The molecule has 1 N–H and O–H groups in total. The van der Waals surface area contributed by atoms with Crippen molar-refractivity contribution >= 4 is 29.5 Å². The van der Waals surface area contributed by atoms with Crippen molar-refractivity contribution in [2.75, 3.05) is 6.54 Å². The number of nitrogens with one attached hydrogen (secondary N) is 1. The lowest BCUT2D eigenvalue weighted by Gasteiger charge is -2.15. The van der Waals surface area contributed by atoms with Gasteiger partial charge in [0, 0.05) is 23.4 Å². The molecule has 0 spiro atoms. The third-order valence-corrected chi connectivity index (χ3v) is 4.32. The first-order valence-corrected chi connectivity index (χ1v) is 8.51. The van der Waals surface area contributed by atoms with E-state index >= 15 is 0 Å². The normalized spacial score (nSPS) is 13.3. The fourth-order valence-electron chi connectivity index (χ4n) is 2.53. The van der Waals surface area contributed by atoms with Crippen molar-refractivity contribution in [3.05, 3.63) is 69.6 Å². The van der Waals surface area contributed by atoms with E-state index in [0.29, 0.717) is 27.6 Å². The summed E-state index contributed by atoms with van der Waals surface area (Å²) in [5.74, 6) is -0.431. The van der Waals surface area contributed by atoms with Crippen molar-refractivity contribution in [2.24, 2.45) is 4.99 Å². The van der Waals surface area contributed by atoms with E-state index in [9.17, 15) is 14.0 Å². The SMILES string of the molecule is Cc1cc(C(=O)NC2=CC(=O)CN=C2)c(Oc2ccc(F)cc2C)cc1Cl. The molecule has 0 aliphatic carbocycles. The van der Waals surface area contributed by atoms with Crippen LogP contribution in [-0.4, -0.2) is 24.4 Å². The molecule has 0 aromatic heterocycles. The Morgan fingerprint density at radius 2 is 1.96 bits per heavy atom. The molecule has 0 atom stereocenters. The fourth-order valence-corrected chi connectivity index (χ4v) is 2.68. The molecule has 0 radical (unpaired) electrons. The van der Waals surface area contributed by atoms with Gasteiger partial charge in [-0.05, 0) is 49.2 Å². The van der Waals surface area contributed by atoms with Gasteiger partial charge in [-0.3, -0.25) is 14.6 Å². The number of carbonyl (C=O) groups excluding carboxylic acids is 2. The van der Waals surface area contributed by atoms with E-state index in [1.165, 1.54) is 36.6 Å². The largest absolute Gasteiger partial charge is 0.456 e. The van der Waals surface area contributed by atoms with Gasteiger partial charge in [0.15, 0.2) is 5.78 Å². The smallest absolute Gasteiger partial charge is 0.259 e. The average Bonchev–Trinajstić information content (AvgIpc) is 2.60. The van der Waals surface area contributed by atoms with Crippen molar-refractivity contribution in [3.63, 3.8) is 0 Å². The number of amides is 1. The molecule has 2 aromatic carbocycles. The molecule has 0 bridgehead atoms. The van der Waals surface area contributed by atoms with Gasteiger partial charge in [-0.1, -0.05) is 11.6 Å². The number of aliphatic imine (C=N–C) groups is 1. The zero-order chi connectivity index (χ0) is 19.6. The minimum absolute atomic E-state index is 0.0671. The first-order chi connectivity index (χ1) is 12.8. The van der Waals surface area contributed by atoms with Crippen LogP contribution in [0.5, 0.6) is 11.5 Å². The predicted octanol–water partition coefficient (Wildman–Crippen LogP) is 4.16. The standard InChI is InChI=1S/C20H16ClFN2O3/c1-11-6-16(20(26)24-14-7-15(25)10-23-9-14)19(8-17(11)21)27-18-4-3-13(22)5-12(18)2/h3-9H,10H2,1-2H3,(H,24,26). The molecule has 1 amide bonds. The average molecular weight is 387 g/mol. The lowest BCUT2D eigenvalue weighted by atomic mass is 10.1. The summed E-state index contributed by atoms with van der Waals surface area (Å²) < 4.78 is 19.1. The maximum atomic E-state index is 13.3. The Hall–Kier alpha value is -2.99.